The summed E-state index contributed by atoms with van der Waals surface area (Å²) in [6, 6.07) is -2.31. The monoisotopic (exact) mass is 609 g/mol. The molecule has 0 bridgehead atoms. The number of rotatable bonds is 13. The number of nitrogens with one attached hydrogen (secondary N) is 2. The summed E-state index contributed by atoms with van der Waals surface area (Å²) in [6.45, 7) is 3.70. The van der Waals surface area contributed by atoms with Crippen LogP contribution < -0.4 is 27.8 Å². The Morgan fingerprint density at radius 1 is 1.10 bits per heavy atom. The summed E-state index contributed by atoms with van der Waals surface area (Å²) >= 11 is 0. The molecule has 3 fully saturated rings. The van der Waals surface area contributed by atoms with E-state index in [2.05, 4.69) is 10.6 Å². The molecule has 246 valence electrons. The number of hydrogen-bond acceptors (Lipinski definition) is 15. The lowest BCUT2D eigenvalue weighted by molar-refractivity contribution is -0.314. The van der Waals surface area contributed by atoms with Gasteiger partial charge in [0.05, 0.1) is 43.1 Å². The van der Waals surface area contributed by atoms with Gasteiger partial charge in [-0.2, -0.15) is 0 Å². The predicted octanol–water partition coefficient (Wildman–Crippen LogP) is -5.08. The van der Waals surface area contributed by atoms with Crippen molar-refractivity contribution in [2.24, 2.45) is 23.1 Å². The summed E-state index contributed by atoms with van der Waals surface area (Å²) in [5, 5.41) is 67.6. The molecule has 14 atom stereocenters. The molecule has 2 aliphatic heterocycles. The lowest BCUT2D eigenvalue weighted by atomic mass is 9.82. The van der Waals surface area contributed by atoms with Crippen molar-refractivity contribution in [2.75, 3.05) is 32.8 Å². The molecule has 1 amide bonds. The number of amides is 1. The fourth-order valence-electron chi connectivity index (χ4n) is 5.49. The first kappa shape index (κ1) is 35.4. The van der Waals surface area contributed by atoms with E-state index in [0.29, 0.717) is 25.9 Å². The van der Waals surface area contributed by atoms with Crippen LogP contribution in [0.25, 0.3) is 0 Å². The summed E-state index contributed by atoms with van der Waals surface area (Å²) in [6.07, 6.45) is -9.19. The van der Waals surface area contributed by atoms with Gasteiger partial charge < -0.3 is 77.4 Å². The maximum Gasteiger partial charge on any atom is 0.249 e. The molecule has 2 heterocycles. The van der Waals surface area contributed by atoms with Crippen molar-refractivity contribution in [3.63, 3.8) is 0 Å². The highest BCUT2D eigenvalue weighted by Crippen LogP contribution is 2.34. The molecule has 0 spiro atoms. The Hall–Kier alpha value is -1.09. The molecule has 16 nitrogen and oxygen atoms in total. The van der Waals surface area contributed by atoms with Crippen molar-refractivity contribution in [2.45, 2.75) is 119 Å². The number of aliphatic hydroxyl groups is 6. The van der Waals surface area contributed by atoms with Gasteiger partial charge in [-0.3, -0.25) is 4.79 Å². The third-order valence-electron chi connectivity index (χ3n) is 8.47. The fourth-order valence-corrected chi connectivity index (χ4v) is 5.49. The van der Waals surface area contributed by atoms with E-state index < -0.39 is 84.8 Å². The van der Waals surface area contributed by atoms with E-state index in [4.69, 9.17) is 41.3 Å². The van der Waals surface area contributed by atoms with Gasteiger partial charge in [0.25, 0.3) is 0 Å². The second-order valence-electron chi connectivity index (χ2n) is 12.0. The highest BCUT2D eigenvalue weighted by molar-refractivity contribution is 5.80. The van der Waals surface area contributed by atoms with Gasteiger partial charge in [-0.15, -0.1) is 0 Å². The first-order valence-corrected chi connectivity index (χ1v) is 14.6. The number of nitrogens with two attached hydrogens (primary N) is 3. The molecule has 0 radical (unpaired) electrons. The van der Waals surface area contributed by atoms with Gasteiger partial charge in [0, 0.05) is 38.0 Å². The van der Waals surface area contributed by atoms with Crippen molar-refractivity contribution in [3.05, 3.63) is 0 Å². The van der Waals surface area contributed by atoms with Gasteiger partial charge in [0.2, 0.25) is 5.91 Å². The molecule has 14 N–H and O–H groups in total. The maximum absolute atomic E-state index is 12.8. The largest absolute Gasteiger partial charge is 0.395 e. The van der Waals surface area contributed by atoms with Crippen LogP contribution in [0.15, 0.2) is 0 Å². The maximum atomic E-state index is 12.8. The Balaban J connectivity index is 1.77. The van der Waals surface area contributed by atoms with Crippen LogP contribution in [0.1, 0.15) is 39.5 Å². The van der Waals surface area contributed by atoms with Gasteiger partial charge in [-0.05, 0) is 26.2 Å². The van der Waals surface area contributed by atoms with E-state index >= 15 is 0 Å². The van der Waals surface area contributed by atoms with Gasteiger partial charge in [0.1, 0.15) is 30.5 Å². The Morgan fingerprint density at radius 2 is 1.79 bits per heavy atom. The standard InChI is InChI=1S/C26H51N5O11/c1-12-19(35)25(39-11-26(12,2)38)42-22-17(31-23(37)18(34)7-13(33)9-27)8-16(29)21(20(22)36)41-24-15(28)4-3-14(40-24)10-30-5-6-32/h12-22,24-25,30,32-36,38H,3-11,27-29H2,1-2H3,(H,31,37)/t12-,13-,14+,15?,16+,17-,18+,19?,20?,21?,22?,24-,25-,26?/m1/s1. The molecule has 0 aromatic heterocycles. The number of hydrogen-bond donors (Lipinski definition) is 11. The smallest absolute Gasteiger partial charge is 0.249 e. The second-order valence-corrected chi connectivity index (χ2v) is 12.0. The van der Waals surface area contributed by atoms with E-state index in [1.165, 1.54) is 6.92 Å². The molecule has 3 aliphatic rings. The molecular weight excluding hydrogens is 558 g/mol. The number of aliphatic hydroxyl groups excluding tert-OH is 5. The zero-order valence-electron chi connectivity index (χ0n) is 24.3. The van der Waals surface area contributed by atoms with Crippen molar-refractivity contribution in [1.82, 2.24) is 10.6 Å². The topological polar surface area (TPSA) is 277 Å². The molecular formula is C26H51N5O11. The van der Waals surface area contributed by atoms with Crippen LogP contribution in [0.4, 0.5) is 0 Å². The Bertz CT molecular complexity index is 844. The minimum atomic E-state index is -1.59. The van der Waals surface area contributed by atoms with E-state index in [0.717, 1.165) is 0 Å². The number of ether oxygens (including phenoxy) is 4. The third-order valence-corrected chi connectivity index (χ3v) is 8.47. The van der Waals surface area contributed by atoms with E-state index in [1.54, 1.807) is 6.92 Å². The van der Waals surface area contributed by atoms with Crippen LogP contribution in [0.2, 0.25) is 0 Å². The zero-order chi connectivity index (χ0) is 31.2. The molecule has 16 heteroatoms. The van der Waals surface area contributed by atoms with Gasteiger partial charge in [-0.1, -0.05) is 6.92 Å². The lowest BCUT2D eigenvalue weighted by Crippen LogP contribution is -2.68. The Morgan fingerprint density at radius 3 is 2.45 bits per heavy atom. The zero-order valence-corrected chi connectivity index (χ0v) is 24.3. The molecule has 1 saturated carbocycles. The van der Waals surface area contributed by atoms with Gasteiger partial charge in [-0.25, -0.2) is 0 Å². The van der Waals surface area contributed by atoms with E-state index in [1.807, 2.05) is 0 Å². The summed E-state index contributed by atoms with van der Waals surface area (Å²) in [4.78, 5) is 12.8. The van der Waals surface area contributed by atoms with E-state index in [9.17, 15) is 30.3 Å². The van der Waals surface area contributed by atoms with Crippen molar-refractivity contribution < 1.29 is 54.4 Å². The average Bonchev–Trinajstić information content (AvgIpc) is 2.94. The first-order valence-electron chi connectivity index (χ1n) is 14.6. The second kappa shape index (κ2) is 15.8. The van der Waals surface area contributed by atoms with Crippen LogP contribution in [-0.4, -0.2) is 148 Å². The quantitative estimate of drug-likeness (QED) is 0.0871. The Kier molecular flexibility index (Phi) is 13.3. The molecule has 0 aromatic rings. The molecule has 0 aromatic carbocycles. The predicted molar refractivity (Wildman–Crippen MR) is 147 cm³/mol. The summed E-state index contributed by atoms with van der Waals surface area (Å²) in [7, 11) is 0. The molecule has 2 saturated heterocycles. The molecule has 6 unspecified atom stereocenters. The minimum absolute atomic E-state index is 0.0191. The van der Waals surface area contributed by atoms with Crippen molar-refractivity contribution >= 4 is 5.91 Å². The fraction of sp³-hybridized carbons (Fsp3) is 0.962. The molecule has 3 rings (SSSR count). The van der Waals surface area contributed by atoms with Crippen LogP contribution in [-0.2, 0) is 23.7 Å². The highest BCUT2D eigenvalue weighted by Gasteiger charge is 2.51. The van der Waals surface area contributed by atoms with Gasteiger partial charge in [0.15, 0.2) is 12.6 Å². The number of carbonyl (C=O) groups excluding carboxylic acids is 1. The summed E-state index contributed by atoms with van der Waals surface area (Å²) < 4.78 is 23.8. The van der Waals surface area contributed by atoms with Crippen LogP contribution in [0.3, 0.4) is 0 Å². The van der Waals surface area contributed by atoms with Crippen LogP contribution >= 0.6 is 0 Å². The average molecular weight is 610 g/mol. The molecule has 42 heavy (non-hydrogen) atoms. The van der Waals surface area contributed by atoms with E-state index in [-0.39, 0.29) is 38.7 Å². The van der Waals surface area contributed by atoms with Crippen molar-refractivity contribution in [3.8, 4) is 0 Å². The normalized spacial score (nSPS) is 42.6. The Labute approximate surface area is 245 Å². The van der Waals surface area contributed by atoms with Gasteiger partial charge >= 0.3 is 0 Å². The van der Waals surface area contributed by atoms with Crippen molar-refractivity contribution in [1.29, 1.82) is 0 Å². The van der Waals surface area contributed by atoms with Crippen LogP contribution in [0.5, 0.6) is 0 Å². The highest BCUT2D eigenvalue weighted by atomic mass is 16.7. The SMILES string of the molecule is C[C@@H]1C(O)[C@@H](OC2C(O)C(O[C@H]3O[C@H](CNCCO)CCC3N)[C@@H](N)C[C@H]2NC(=O)[C@@H](O)C[C@@H](O)CN)OCC1(C)O. The number of carbonyl (C=O) groups is 1. The minimum Gasteiger partial charge on any atom is -0.395 e. The first-order chi connectivity index (χ1) is 19.8. The lowest BCUT2D eigenvalue weighted by Gasteiger charge is -2.48. The third kappa shape index (κ3) is 8.98. The summed E-state index contributed by atoms with van der Waals surface area (Å²) in [5.74, 6) is -1.49. The summed E-state index contributed by atoms with van der Waals surface area (Å²) in [5.41, 5.74) is 16.8. The van der Waals surface area contributed by atoms with Crippen LogP contribution in [0, 0.1) is 5.92 Å². The molecule has 1 aliphatic carbocycles.